The molecule has 6 nitrogen and oxygen atoms in total. The lowest BCUT2D eigenvalue weighted by molar-refractivity contribution is -0.00273. The first kappa shape index (κ1) is 21.3. The van der Waals surface area contributed by atoms with Gasteiger partial charge in [-0.15, -0.1) is 0 Å². The number of nitrogens with zero attached hydrogens (tertiary/aromatic N) is 1. The van der Waals surface area contributed by atoms with E-state index in [2.05, 4.69) is 18.7 Å². The Hall–Kier alpha value is -2.02. The second-order valence-corrected chi connectivity index (χ2v) is 6.66. The number of benzene rings is 1. The normalized spacial score (nSPS) is 13.6. The van der Waals surface area contributed by atoms with Crippen molar-refractivity contribution in [1.82, 2.24) is 4.90 Å². The van der Waals surface area contributed by atoms with Crippen molar-refractivity contribution in [3.8, 4) is 11.5 Å². The third kappa shape index (κ3) is 6.90. The summed E-state index contributed by atoms with van der Waals surface area (Å²) in [5, 5.41) is 10.4. The molecule has 0 radical (unpaired) electrons. The molecule has 0 saturated carbocycles. The van der Waals surface area contributed by atoms with Crippen LogP contribution in [0, 0.1) is 0 Å². The Morgan fingerprint density at radius 2 is 1.85 bits per heavy atom. The third-order valence-corrected chi connectivity index (χ3v) is 4.59. The molecule has 27 heavy (non-hydrogen) atoms. The molecular formula is C21H31NO5. The van der Waals surface area contributed by atoms with E-state index in [1.165, 1.54) is 0 Å². The number of rotatable bonds is 12. The first-order chi connectivity index (χ1) is 13.0. The molecule has 0 saturated heterocycles. The molecule has 0 aliphatic carbocycles. The summed E-state index contributed by atoms with van der Waals surface area (Å²) in [7, 11) is 3.29. The van der Waals surface area contributed by atoms with Crippen LogP contribution in [0.5, 0.6) is 11.5 Å². The summed E-state index contributed by atoms with van der Waals surface area (Å²) in [6.07, 6.45) is 2.02. The standard InChI is InChI=1S/C21H31NO5/c1-5-16(2)22(12-17-9-20(24-3)11-21(10-17)25-4)13-18(23)14-26-15-19-7-6-8-27-19/h6-11,16,18,23H,5,12-15H2,1-4H3/t16-,18-/m0/s1. The molecular weight excluding hydrogens is 346 g/mol. The molecule has 1 heterocycles. The minimum absolute atomic E-state index is 0.259. The van der Waals surface area contributed by atoms with Crippen LogP contribution in [-0.2, 0) is 17.9 Å². The molecule has 150 valence electrons. The van der Waals surface area contributed by atoms with E-state index in [1.54, 1.807) is 20.5 Å². The molecule has 1 aromatic carbocycles. The average Bonchev–Trinajstić information content (AvgIpc) is 3.19. The van der Waals surface area contributed by atoms with Gasteiger partial charge >= 0.3 is 0 Å². The smallest absolute Gasteiger partial charge is 0.129 e. The Kier molecular flexibility index (Phi) is 8.64. The van der Waals surface area contributed by atoms with Crippen LogP contribution in [0.4, 0.5) is 0 Å². The summed E-state index contributed by atoms with van der Waals surface area (Å²) in [5.41, 5.74) is 1.08. The fraction of sp³-hybridized carbons (Fsp3) is 0.524. The highest BCUT2D eigenvalue weighted by atomic mass is 16.5. The molecule has 2 aromatic rings. The van der Waals surface area contributed by atoms with Crippen LogP contribution in [0.25, 0.3) is 0 Å². The fourth-order valence-corrected chi connectivity index (χ4v) is 2.86. The van der Waals surface area contributed by atoms with E-state index in [1.807, 2.05) is 30.3 Å². The molecule has 0 spiro atoms. The Balaban J connectivity index is 1.95. The van der Waals surface area contributed by atoms with E-state index in [9.17, 15) is 5.11 Å². The topological polar surface area (TPSA) is 64.3 Å². The molecule has 0 aliphatic rings. The van der Waals surface area contributed by atoms with Crippen LogP contribution < -0.4 is 9.47 Å². The number of aliphatic hydroxyl groups is 1. The summed E-state index contributed by atoms with van der Waals surface area (Å²) in [4.78, 5) is 2.25. The molecule has 2 atom stereocenters. The van der Waals surface area contributed by atoms with Crippen molar-refractivity contribution in [2.75, 3.05) is 27.4 Å². The van der Waals surface area contributed by atoms with Crippen molar-refractivity contribution in [2.24, 2.45) is 0 Å². The van der Waals surface area contributed by atoms with E-state index in [0.29, 0.717) is 25.7 Å². The average molecular weight is 377 g/mol. The summed E-state index contributed by atoms with van der Waals surface area (Å²) >= 11 is 0. The third-order valence-electron chi connectivity index (χ3n) is 4.59. The molecule has 1 aromatic heterocycles. The van der Waals surface area contributed by atoms with Crippen LogP contribution >= 0.6 is 0 Å². The molecule has 0 amide bonds. The highest BCUT2D eigenvalue weighted by Gasteiger charge is 2.18. The number of methoxy groups -OCH3 is 2. The monoisotopic (exact) mass is 377 g/mol. The van der Waals surface area contributed by atoms with Crippen molar-refractivity contribution >= 4 is 0 Å². The zero-order chi connectivity index (χ0) is 19.6. The molecule has 0 bridgehead atoms. The first-order valence-corrected chi connectivity index (χ1v) is 9.29. The zero-order valence-corrected chi connectivity index (χ0v) is 16.7. The van der Waals surface area contributed by atoms with Gasteiger partial charge in [0.15, 0.2) is 0 Å². The van der Waals surface area contributed by atoms with Crippen molar-refractivity contribution in [3.63, 3.8) is 0 Å². The van der Waals surface area contributed by atoms with Crippen LogP contribution in [0.1, 0.15) is 31.6 Å². The van der Waals surface area contributed by atoms with Crippen LogP contribution in [0.2, 0.25) is 0 Å². The van der Waals surface area contributed by atoms with E-state index in [0.717, 1.165) is 29.2 Å². The van der Waals surface area contributed by atoms with Gasteiger partial charge in [0, 0.05) is 25.2 Å². The Morgan fingerprint density at radius 1 is 1.15 bits per heavy atom. The summed E-state index contributed by atoms with van der Waals surface area (Å²) < 4.78 is 21.5. The Bertz CT molecular complexity index is 636. The molecule has 6 heteroatoms. The number of hydrogen-bond acceptors (Lipinski definition) is 6. The molecule has 2 rings (SSSR count). The largest absolute Gasteiger partial charge is 0.497 e. The second kappa shape index (κ2) is 11.0. The SMILES string of the molecule is CC[C@H](C)N(Cc1cc(OC)cc(OC)c1)C[C@H](O)COCc1ccco1. The Morgan fingerprint density at radius 3 is 2.41 bits per heavy atom. The number of aliphatic hydroxyl groups excluding tert-OH is 1. The molecule has 0 unspecified atom stereocenters. The van der Waals surface area contributed by atoms with Gasteiger partial charge < -0.3 is 23.7 Å². The molecule has 0 aliphatic heterocycles. The Labute approximate surface area is 161 Å². The summed E-state index contributed by atoms with van der Waals surface area (Å²) in [6.45, 7) is 6.14. The fourth-order valence-electron chi connectivity index (χ4n) is 2.86. The van der Waals surface area contributed by atoms with Gasteiger partial charge in [0.25, 0.3) is 0 Å². The van der Waals surface area contributed by atoms with Gasteiger partial charge in [-0.25, -0.2) is 0 Å². The minimum atomic E-state index is -0.582. The van der Waals surface area contributed by atoms with Crippen molar-refractivity contribution in [3.05, 3.63) is 47.9 Å². The lowest BCUT2D eigenvalue weighted by atomic mass is 10.1. The predicted octanol–water partition coefficient (Wildman–Crippen LogP) is 3.48. The number of hydrogen-bond donors (Lipinski definition) is 1. The summed E-state index contributed by atoms with van der Waals surface area (Å²) in [5.74, 6) is 2.27. The van der Waals surface area contributed by atoms with Crippen molar-refractivity contribution in [2.45, 2.75) is 45.6 Å². The van der Waals surface area contributed by atoms with E-state index in [-0.39, 0.29) is 6.61 Å². The molecule has 1 N–H and O–H groups in total. The lowest BCUT2D eigenvalue weighted by Gasteiger charge is -2.30. The maximum atomic E-state index is 10.4. The van der Waals surface area contributed by atoms with Gasteiger partial charge in [0.05, 0.1) is 33.2 Å². The van der Waals surface area contributed by atoms with Gasteiger partial charge in [-0.3, -0.25) is 4.90 Å². The van der Waals surface area contributed by atoms with Crippen LogP contribution in [0.3, 0.4) is 0 Å². The maximum absolute atomic E-state index is 10.4. The van der Waals surface area contributed by atoms with E-state index in [4.69, 9.17) is 18.6 Å². The highest BCUT2D eigenvalue weighted by Crippen LogP contribution is 2.24. The quantitative estimate of drug-likeness (QED) is 0.611. The molecule has 0 fully saturated rings. The predicted molar refractivity (Wildman–Crippen MR) is 104 cm³/mol. The van der Waals surface area contributed by atoms with Gasteiger partial charge in [-0.1, -0.05) is 6.92 Å². The minimum Gasteiger partial charge on any atom is -0.497 e. The maximum Gasteiger partial charge on any atom is 0.129 e. The zero-order valence-electron chi connectivity index (χ0n) is 16.7. The second-order valence-electron chi connectivity index (χ2n) is 6.66. The van der Waals surface area contributed by atoms with Gasteiger partial charge in [0.2, 0.25) is 0 Å². The lowest BCUT2D eigenvalue weighted by Crippen LogP contribution is -2.39. The van der Waals surface area contributed by atoms with Gasteiger partial charge in [-0.2, -0.15) is 0 Å². The van der Waals surface area contributed by atoms with Crippen molar-refractivity contribution < 1.29 is 23.7 Å². The van der Waals surface area contributed by atoms with E-state index < -0.39 is 6.10 Å². The summed E-state index contributed by atoms with van der Waals surface area (Å²) in [6, 6.07) is 9.85. The van der Waals surface area contributed by atoms with Gasteiger partial charge in [-0.05, 0) is 43.2 Å². The van der Waals surface area contributed by atoms with Crippen LogP contribution in [-0.4, -0.2) is 49.5 Å². The first-order valence-electron chi connectivity index (χ1n) is 9.29. The van der Waals surface area contributed by atoms with Crippen molar-refractivity contribution in [1.29, 1.82) is 0 Å². The number of furan rings is 1. The van der Waals surface area contributed by atoms with Gasteiger partial charge in [0.1, 0.15) is 23.9 Å². The highest BCUT2D eigenvalue weighted by molar-refractivity contribution is 5.38. The van der Waals surface area contributed by atoms with Crippen LogP contribution in [0.15, 0.2) is 41.0 Å². The van der Waals surface area contributed by atoms with E-state index >= 15 is 0 Å². The number of ether oxygens (including phenoxy) is 3.